The molecule has 0 aliphatic carbocycles. The Morgan fingerprint density at radius 1 is 1.50 bits per heavy atom. The molecule has 1 aliphatic rings. The van der Waals surface area contributed by atoms with Gasteiger partial charge < -0.3 is 10.2 Å². The van der Waals surface area contributed by atoms with Gasteiger partial charge in [-0.1, -0.05) is 31.5 Å². The Hall–Kier alpha value is -0.390. The number of hydrogen-bond acceptors (Lipinski definition) is 3. The van der Waals surface area contributed by atoms with Gasteiger partial charge in [-0.3, -0.25) is 0 Å². The van der Waals surface area contributed by atoms with Crippen LogP contribution in [-0.2, 0) is 0 Å². The minimum Gasteiger partial charge on any atom is -0.366 e. The van der Waals surface area contributed by atoms with Gasteiger partial charge in [0.1, 0.15) is 5.37 Å². The number of rotatable bonds is 5. The molecule has 2 rings (SSSR count). The third-order valence-corrected chi connectivity index (χ3v) is 6.16. The second kappa shape index (κ2) is 8.15. The van der Waals surface area contributed by atoms with Gasteiger partial charge in [-0.2, -0.15) is 0 Å². The van der Waals surface area contributed by atoms with E-state index in [2.05, 4.69) is 41.4 Å². The van der Waals surface area contributed by atoms with E-state index >= 15 is 0 Å². The van der Waals surface area contributed by atoms with Crippen LogP contribution in [-0.4, -0.2) is 35.1 Å². The number of thiocarbonyl (C=S) groups is 1. The molecule has 1 aliphatic heterocycles. The largest absolute Gasteiger partial charge is 0.366 e. The summed E-state index contributed by atoms with van der Waals surface area (Å²) in [5.74, 6) is 2.34. The van der Waals surface area contributed by atoms with Crippen LogP contribution in [0.4, 0.5) is 0 Å². The summed E-state index contributed by atoms with van der Waals surface area (Å²) >= 11 is 9.40. The Balaban J connectivity index is 2.16. The summed E-state index contributed by atoms with van der Waals surface area (Å²) in [6.45, 7) is 3.27. The van der Waals surface area contributed by atoms with Crippen LogP contribution in [0.25, 0.3) is 0 Å². The van der Waals surface area contributed by atoms with Crippen LogP contribution in [0.3, 0.4) is 0 Å². The van der Waals surface area contributed by atoms with Crippen LogP contribution in [0.1, 0.15) is 30.7 Å². The fourth-order valence-electron chi connectivity index (χ4n) is 2.22. The first-order valence-electron chi connectivity index (χ1n) is 7.09. The molecule has 1 N–H and O–H groups in total. The van der Waals surface area contributed by atoms with Crippen molar-refractivity contribution in [2.45, 2.75) is 30.0 Å². The zero-order valence-electron chi connectivity index (χ0n) is 12.1. The number of nitrogens with zero attached hydrogens (tertiary/aromatic N) is 1. The van der Waals surface area contributed by atoms with E-state index in [1.165, 1.54) is 29.1 Å². The molecule has 1 atom stereocenters. The maximum absolute atomic E-state index is 5.44. The molecule has 0 aromatic heterocycles. The zero-order valence-corrected chi connectivity index (χ0v) is 14.5. The highest BCUT2D eigenvalue weighted by molar-refractivity contribution is 8.00. The van der Waals surface area contributed by atoms with Crippen molar-refractivity contribution in [3.8, 4) is 0 Å². The van der Waals surface area contributed by atoms with Gasteiger partial charge in [-0.05, 0) is 36.0 Å². The lowest BCUT2D eigenvalue weighted by Gasteiger charge is -2.27. The van der Waals surface area contributed by atoms with Crippen molar-refractivity contribution in [1.82, 2.24) is 10.2 Å². The summed E-state index contributed by atoms with van der Waals surface area (Å²) in [5, 5.41) is 4.33. The number of nitrogens with one attached hydrogen (secondary N) is 1. The lowest BCUT2D eigenvalue weighted by Crippen LogP contribution is -2.37. The normalized spacial score (nSPS) is 18.3. The smallest absolute Gasteiger partial charge is 0.169 e. The Bertz CT molecular complexity index is 450. The first kappa shape index (κ1) is 16.0. The topological polar surface area (TPSA) is 15.3 Å². The third-order valence-electron chi connectivity index (χ3n) is 3.31. The van der Waals surface area contributed by atoms with Crippen molar-refractivity contribution >= 4 is 40.9 Å². The van der Waals surface area contributed by atoms with Crippen LogP contribution < -0.4 is 5.32 Å². The van der Waals surface area contributed by atoms with Gasteiger partial charge in [0, 0.05) is 24.2 Å². The lowest BCUT2D eigenvalue weighted by atomic mass is 10.2. The molecule has 1 aromatic rings. The number of hydrogen-bond donors (Lipinski definition) is 1. The van der Waals surface area contributed by atoms with E-state index in [0.29, 0.717) is 5.37 Å². The van der Waals surface area contributed by atoms with Gasteiger partial charge in [0.25, 0.3) is 0 Å². The summed E-state index contributed by atoms with van der Waals surface area (Å²) in [6, 6.07) is 8.77. The molecule has 1 aromatic carbocycles. The third kappa shape index (κ3) is 3.83. The molecule has 1 fully saturated rings. The molecule has 110 valence electrons. The van der Waals surface area contributed by atoms with E-state index in [-0.39, 0.29) is 0 Å². The van der Waals surface area contributed by atoms with E-state index in [4.69, 9.17) is 12.2 Å². The zero-order chi connectivity index (χ0) is 14.4. The van der Waals surface area contributed by atoms with E-state index in [1.807, 2.05) is 30.6 Å². The van der Waals surface area contributed by atoms with Crippen LogP contribution in [0.5, 0.6) is 0 Å². The monoisotopic (exact) mass is 326 g/mol. The average molecular weight is 327 g/mol. The molecule has 5 heteroatoms. The molecule has 2 nitrogen and oxygen atoms in total. The van der Waals surface area contributed by atoms with Crippen molar-refractivity contribution in [3.63, 3.8) is 0 Å². The van der Waals surface area contributed by atoms with Crippen molar-refractivity contribution in [2.24, 2.45) is 0 Å². The highest BCUT2D eigenvalue weighted by Gasteiger charge is 2.29. The summed E-state index contributed by atoms with van der Waals surface area (Å²) < 4.78 is 0. The van der Waals surface area contributed by atoms with Gasteiger partial charge >= 0.3 is 0 Å². The maximum Gasteiger partial charge on any atom is 0.169 e. The highest BCUT2D eigenvalue weighted by Crippen LogP contribution is 2.41. The first-order valence-corrected chi connectivity index (χ1v) is 9.54. The standard InChI is InChI=1S/C15H22N2S3/c1-3-4-10-19-13-8-6-5-7-12(13)14-17(9-11-20-14)15(18)16-2/h5-8,14H,3-4,9-11H2,1-2H3,(H,16,18). The summed E-state index contributed by atoms with van der Waals surface area (Å²) in [5.41, 5.74) is 1.41. The van der Waals surface area contributed by atoms with Crippen LogP contribution >= 0.6 is 35.7 Å². The van der Waals surface area contributed by atoms with Crippen molar-refractivity contribution in [3.05, 3.63) is 29.8 Å². The van der Waals surface area contributed by atoms with Crippen LogP contribution in [0, 0.1) is 0 Å². The Kier molecular flexibility index (Phi) is 6.52. The maximum atomic E-state index is 5.44. The van der Waals surface area contributed by atoms with Crippen LogP contribution in [0.15, 0.2) is 29.2 Å². The molecule has 1 saturated heterocycles. The molecule has 0 amide bonds. The lowest BCUT2D eigenvalue weighted by molar-refractivity contribution is 0.442. The minimum atomic E-state index is 0.361. The van der Waals surface area contributed by atoms with E-state index in [9.17, 15) is 0 Å². The van der Waals surface area contributed by atoms with Crippen LogP contribution in [0.2, 0.25) is 0 Å². The predicted octanol–water partition coefficient (Wildman–Crippen LogP) is 4.13. The first-order chi connectivity index (χ1) is 9.77. The highest BCUT2D eigenvalue weighted by atomic mass is 32.2. The second-order valence-electron chi connectivity index (χ2n) is 4.71. The molecule has 1 heterocycles. The summed E-state index contributed by atoms with van der Waals surface area (Å²) in [4.78, 5) is 3.71. The van der Waals surface area contributed by atoms with Gasteiger partial charge in [-0.25, -0.2) is 0 Å². The van der Waals surface area contributed by atoms with Gasteiger partial charge in [0.15, 0.2) is 5.11 Å². The van der Waals surface area contributed by atoms with E-state index in [0.717, 1.165) is 17.4 Å². The molecular formula is C15H22N2S3. The van der Waals surface area contributed by atoms with Gasteiger partial charge in [0.2, 0.25) is 0 Å². The predicted molar refractivity (Wildman–Crippen MR) is 95.6 cm³/mol. The molecular weight excluding hydrogens is 304 g/mol. The number of thioether (sulfide) groups is 2. The SMILES string of the molecule is CCCCSc1ccccc1C1SCCN1C(=S)NC. The molecule has 0 radical (unpaired) electrons. The fourth-order valence-corrected chi connectivity index (χ4v) is 5.03. The van der Waals surface area contributed by atoms with Crippen molar-refractivity contribution in [1.29, 1.82) is 0 Å². The van der Waals surface area contributed by atoms with Crippen molar-refractivity contribution in [2.75, 3.05) is 25.1 Å². The van der Waals surface area contributed by atoms with Gasteiger partial charge in [-0.15, -0.1) is 23.5 Å². The summed E-state index contributed by atoms with van der Waals surface area (Å²) in [6.07, 6.45) is 2.53. The molecule has 20 heavy (non-hydrogen) atoms. The number of benzene rings is 1. The molecule has 0 saturated carbocycles. The van der Waals surface area contributed by atoms with Crippen molar-refractivity contribution < 1.29 is 0 Å². The van der Waals surface area contributed by atoms with Gasteiger partial charge in [0.05, 0.1) is 0 Å². The minimum absolute atomic E-state index is 0.361. The summed E-state index contributed by atoms with van der Waals surface area (Å²) in [7, 11) is 1.91. The quantitative estimate of drug-likeness (QED) is 0.496. The Labute approximate surface area is 136 Å². The number of unbranched alkanes of at least 4 members (excludes halogenated alkanes) is 1. The average Bonchev–Trinajstić information content (AvgIpc) is 2.96. The molecule has 0 bridgehead atoms. The van der Waals surface area contributed by atoms with E-state index < -0.39 is 0 Å². The molecule has 1 unspecified atom stereocenters. The Morgan fingerprint density at radius 3 is 3.05 bits per heavy atom. The van der Waals surface area contributed by atoms with E-state index in [1.54, 1.807) is 0 Å². The molecule has 0 spiro atoms. The second-order valence-corrected chi connectivity index (χ2v) is 7.42. The fraction of sp³-hybridized carbons (Fsp3) is 0.533. The Morgan fingerprint density at radius 2 is 2.30 bits per heavy atom.